The molecule has 0 N–H and O–H groups in total. The van der Waals surface area contributed by atoms with Crippen molar-refractivity contribution in [3.8, 4) is 12.1 Å². The quantitative estimate of drug-likeness (QED) is 0.350. The third kappa shape index (κ3) is 8.37. The fourth-order valence-electron chi connectivity index (χ4n) is 1.43. The van der Waals surface area contributed by atoms with Gasteiger partial charge in [0.25, 0.3) is 0 Å². The number of unbranched alkanes of at least 4 members (excludes halogenated alkanes) is 3. The van der Waals surface area contributed by atoms with Crippen molar-refractivity contribution in [1.29, 1.82) is 10.5 Å². The van der Waals surface area contributed by atoms with Crippen LogP contribution in [0.25, 0.3) is 5.41 Å². The molecule has 5 nitrogen and oxygen atoms in total. The third-order valence-corrected chi connectivity index (χ3v) is 2.43. The Morgan fingerprint density at radius 3 is 2.32 bits per heavy atom. The fraction of sp³-hybridized carbons (Fsp3) is 0.500. The topological polar surface area (TPSA) is 78.7 Å². The van der Waals surface area contributed by atoms with E-state index in [1.807, 2.05) is 0 Å². The minimum atomic E-state index is -0.403. The van der Waals surface area contributed by atoms with Crippen LogP contribution in [0.1, 0.15) is 32.6 Å². The standard InChI is InChI=1S/C10H19N2.C4N3/c1-3-4-5-6-7-12-9-8-11(2)10-12;5-1-4(2-6)3-7/h8-10H,3-7H2,1-2H3;/q+1;-1. The van der Waals surface area contributed by atoms with Gasteiger partial charge < -0.3 is 5.41 Å². The van der Waals surface area contributed by atoms with E-state index in [1.165, 1.54) is 50.2 Å². The maximum atomic E-state index is 7.79. The minimum absolute atomic E-state index is 0.403. The molecular formula is C14H19N5. The van der Waals surface area contributed by atoms with Gasteiger partial charge in [-0.2, -0.15) is 10.5 Å². The van der Waals surface area contributed by atoms with Crippen LogP contribution in [0.5, 0.6) is 0 Å². The van der Waals surface area contributed by atoms with Gasteiger partial charge in [-0.3, -0.25) is 0 Å². The number of allylic oxidation sites excluding steroid dienone is 1. The van der Waals surface area contributed by atoms with Crippen molar-refractivity contribution < 1.29 is 4.57 Å². The summed E-state index contributed by atoms with van der Waals surface area (Å²) in [6, 6.07) is 2.79. The van der Waals surface area contributed by atoms with E-state index >= 15 is 0 Å². The molecule has 0 aromatic carbocycles. The average molecular weight is 257 g/mol. The van der Waals surface area contributed by atoms with Gasteiger partial charge in [0.15, 0.2) is 0 Å². The highest BCUT2D eigenvalue weighted by Crippen LogP contribution is 2.00. The molecule has 0 spiro atoms. The van der Waals surface area contributed by atoms with E-state index in [0.717, 1.165) is 0 Å². The molecule has 0 fully saturated rings. The summed E-state index contributed by atoms with van der Waals surface area (Å²) in [5, 5.41) is 23.4. The molecule has 0 bridgehead atoms. The molecule has 0 aliphatic carbocycles. The Kier molecular flexibility index (Phi) is 9.43. The van der Waals surface area contributed by atoms with Gasteiger partial charge in [0.2, 0.25) is 6.33 Å². The number of rotatable bonds is 5. The highest BCUT2D eigenvalue weighted by molar-refractivity contribution is 5.71. The largest absolute Gasteiger partial charge is 0.762 e. The van der Waals surface area contributed by atoms with Crippen molar-refractivity contribution in [3.63, 3.8) is 0 Å². The number of hydrogen-bond donors (Lipinski definition) is 0. The van der Waals surface area contributed by atoms with Crippen molar-refractivity contribution in [2.45, 2.75) is 39.2 Å². The summed E-state index contributed by atoms with van der Waals surface area (Å²) < 4.78 is 4.33. The molecule has 0 aliphatic rings. The van der Waals surface area contributed by atoms with Crippen molar-refractivity contribution in [3.05, 3.63) is 29.7 Å². The summed E-state index contributed by atoms with van der Waals surface area (Å²) in [6.07, 6.45) is 11.7. The molecule has 0 saturated heterocycles. The van der Waals surface area contributed by atoms with Crippen LogP contribution in [0.2, 0.25) is 0 Å². The molecule has 5 heteroatoms. The number of nitriles is 2. The second-order valence-corrected chi connectivity index (χ2v) is 4.09. The predicted molar refractivity (Wildman–Crippen MR) is 72.9 cm³/mol. The lowest BCUT2D eigenvalue weighted by Gasteiger charge is -1.95. The van der Waals surface area contributed by atoms with Crippen molar-refractivity contribution in [2.75, 3.05) is 0 Å². The van der Waals surface area contributed by atoms with Crippen molar-refractivity contribution in [1.82, 2.24) is 4.57 Å². The number of aromatic nitrogens is 2. The van der Waals surface area contributed by atoms with Crippen LogP contribution < -0.4 is 4.57 Å². The zero-order valence-electron chi connectivity index (χ0n) is 11.5. The molecule has 0 unspecified atom stereocenters. The molecule has 1 heterocycles. The number of imidazole rings is 1. The molecule has 1 rings (SSSR count). The van der Waals surface area contributed by atoms with E-state index in [9.17, 15) is 0 Å². The van der Waals surface area contributed by atoms with E-state index in [4.69, 9.17) is 15.9 Å². The van der Waals surface area contributed by atoms with Gasteiger partial charge in [0, 0.05) is 0 Å². The van der Waals surface area contributed by atoms with Crippen LogP contribution >= 0.6 is 0 Å². The Balaban J connectivity index is 0.000000399. The maximum Gasteiger partial charge on any atom is 0.243 e. The van der Waals surface area contributed by atoms with Gasteiger partial charge in [0.1, 0.15) is 30.1 Å². The van der Waals surface area contributed by atoms with Gasteiger partial charge in [-0.1, -0.05) is 19.8 Å². The lowest BCUT2D eigenvalue weighted by atomic mass is 10.2. The van der Waals surface area contributed by atoms with E-state index in [0.29, 0.717) is 0 Å². The highest BCUT2D eigenvalue weighted by Gasteiger charge is 1.97. The van der Waals surface area contributed by atoms with E-state index in [2.05, 4.69) is 41.8 Å². The summed E-state index contributed by atoms with van der Waals surface area (Å²) in [5.74, 6) is 1.40. The predicted octanol–water partition coefficient (Wildman–Crippen LogP) is 2.09. The Hall–Kier alpha value is -2.36. The zero-order valence-corrected chi connectivity index (χ0v) is 11.5. The Morgan fingerprint density at radius 2 is 1.95 bits per heavy atom. The van der Waals surface area contributed by atoms with Crippen LogP contribution in [0.3, 0.4) is 0 Å². The van der Waals surface area contributed by atoms with Gasteiger partial charge in [0.05, 0.1) is 13.6 Å². The molecule has 19 heavy (non-hydrogen) atoms. The van der Waals surface area contributed by atoms with Crippen LogP contribution in [0.4, 0.5) is 0 Å². The molecular weight excluding hydrogens is 238 g/mol. The monoisotopic (exact) mass is 257 g/mol. The molecule has 0 radical (unpaired) electrons. The number of nitrogens with zero attached hydrogens (tertiary/aromatic N) is 5. The molecule has 1 aromatic rings. The fourth-order valence-corrected chi connectivity index (χ4v) is 1.43. The highest BCUT2D eigenvalue weighted by atomic mass is 15.1. The van der Waals surface area contributed by atoms with Gasteiger partial charge in [-0.25, -0.2) is 15.0 Å². The summed E-state index contributed by atoms with van der Waals surface area (Å²) in [7, 11) is 2.06. The van der Waals surface area contributed by atoms with E-state index in [-0.39, 0.29) is 0 Å². The van der Waals surface area contributed by atoms with Crippen LogP contribution in [-0.4, -0.2) is 10.4 Å². The maximum absolute atomic E-state index is 7.79. The first-order chi connectivity index (χ1) is 9.17. The number of aryl methyl sites for hydroxylation is 2. The van der Waals surface area contributed by atoms with Crippen LogP contribution in [0, 0.1) is 22.7 Å². The molecule has 0 amide bonds. The normalized spacial score (nSPS) is 8.42. The van der Waals surface area contributed by atoms with Gasteiger partial charge in [-0.15, -0.1) is 0 Å². The van der Waals surface area contributed by atoms with Crippen LogP contribution in [0.15, 0.2) is 24.3 Å². The van der Waals surface area contributed by atoms with E-state index in [1.54, 1.807) is 0 Å². The lowest BCUT2D eigenvalue weighted by Crippen LogP contribution is -2.23. The minimum Gasteiger partial charge on any atom is -0.762 e. The first kappa shape index (κ1) is 16.6. The molecule has 1 aromatic heterocycles. The summed E-state index contributed by atoms with van der Waals surface area (Å²) in [5.41, 5.74) is -0.403. The third-order valence-electron chi connectivity index (χ3n) is 2.43. The Labute approximate surface area is 114 Å². The Bertz CT molecular complexity index is 479. The molecule has 0 saturated carbocycles. The summed E-state index contributed by atoms with van der Waals surface area (Å²) in [6.45, 7) is 3.41. The first-order valence-electron chi connectivity index (χ1n) is 6.26. The second-order valence-electron chi connectivity index (χ2n) is 4.09. The Morgan fingerprint density at radius 1 is 1.26 bits per heavy atom. The number of hydrogen-bond acceptors (Lipinski definition) is 2. The van der Waals surface area contributed by atoms with Crippen molar-refractivity contribution >= 4 is 5.87 Å². The molecule has 0 aliphatic heterocycles. The summed E-state index contributed by atoms with van der Waals surface area (Å²) in [4.78, 5) is 0. The first-order valence-corrected chi connectivity index (χ1v) is 6.26. The van der Waals surface area contributed by atoms with Gasteiger partial charge in [-0.05, 0) is 12.8 Å². The van der Waals surface area contributed by atoms with Crippen LogP contribution in [-0.2, 0) is 13.6 Å². The molecule has 100 valence electrons. The molecule has 0 atom stereocenters. The smallest absolute Gasteiger partial charge is 0.243 e. The average Bonchev–Trinajstić information content (AvgIpc) is 2.83. The SMILES string of the molecule is CCCCCCn1cc[n+](C)c1.N#CC(=C=[N-])C#N. The second kappa shape index (κ2) is 10.8. The lowest BCUT2D eigenvalue weighted by molar-refractivity contribution is -0.671. The van der Waals surface area contributed by atoms with Crippen molar-refractivity contribution in [2.24, 2.45) is 7.05 Å². The summed E-state index contributed by atoms with van der Waals surface area (Å²) >= 11 is 0. The zero-order chi connectivity index (χ0) is 14.5. The van der Waals surface area contributed by atoms with E-state index < -0.39 is 5.57 Å². The van der Waals surface area contributed by atoms with Gasteiger partial charge >= 0.3 is 0 Å².